The van der Waals surface area contributed by atoms with Gasteiger partial charge in [-0.25, -0.2) is 9.59 Å². The molecule has 160 valence electrons. The van der Waals surface area contributed by atoms with E-state index in [0.717, 1.165) is 5.56 Å². The van der Waals surface area contributed by atoms with Crippen molar-refractivity contribution in [3.8, 4) is 0 Å². The molecule has 0 unspecified atom stereocenters. The van der Waals surface area contributed by atoms with E-state index in [4.69, 9.17) is 15.2 Å². The van der Waals surface area contributed by atoms with E-state index in [2.05, 4.69) is 10.6 Å². The largest absolute Gasteiger partial charge is 0.459 e. The molecular formula is C20H29N3O6. The minimum atomic E-state index is -1.08. The van der Waals surface area contributed by atoms with Gasteiger partial charge in [-0.15, -0.1) is 0 Å². The lowest BCUT2D eigenvalue weighted by Gasteiger charge is -2.23. The number of ether oxygens (including phenoxy) is 2. The van der Waals surface area contributed by atoms with Crippen LogP contribution in [0.15, 0.2) is 30.3 Å². The Kier molecular flexibility index (Phi) is 9.11. The number of carbonyl (C=O) groups excluding carboxylic acids is 4. The Hall–Kier alpha value is -3.10. The third-order valence-electron chi connectivity index (χ3n) is 3.63. The second-order valence-corrected chi connectivity index (χ2v) is 7.53. The molecule has 0 aliphatic heterocycles. The van der Waals surface area contributed by atoms with E-state index in [-0.39, 0.29) is 19.4 Å². The van der Waals surface area contributed by atoms with Crippen molar-refractivity contribution in [3.05, 3.63) is 35.9 Å². The molecule has 1 rings (SSSR count). The van der Waals surface area contributed by atoms with Crippen molar-refractivity contribution in [2.75, 3.05) is 0 Å². The van der Waals surface area contributed by atoms with Crippen LogP contribution in [-0.2, 0) is 30.5 Å². The highest BCUT2D eigenvalue weighted by Gasteiger charge is 2.27. The summed E-state index contributed by atoms with van der Waals surface area (Å²) in [5, 5.41) is 4.87. The van der Waals surface area contributed by atoms with Gasteiger partial charge in [0.15, 0.2) is 0 Å². The van der Waals surface area contributed by atoms with Crippen molar-refractivity contribution in [2.24, 2.45) is 5.73 Å². The Bertz CT molecular complexity index is 715. The number of benzene rings is 1. The van der Waals surface area contributed by atoms with E-state index < -0.39 is 41.6 Å². The quantitative estimate of drug-likeness (QED) is 0.529. The lowest BCUT2D eigenvalue weighted by molar-refractivity contribution is -0.149. The molecule has 0 saturated heterocycles. The van der Waals surface area contributed by atoms with E-state index in [1.807, 2.05) is 6.07 Å². The maximum atomic E-state index is 12.4. The van der Waals surface area contributed by atoms with Gasteiger partial charge in [0.1, 0.15) is 24.3 Å². The van der Waals surface area contributed by atoms with Crippen LogP contribution >= 0.6 is 0 Å². The van der Waals surface area contributed by atoms with E-state index in [0.29, 0.717) is 0 Å². The first-order valence-electron chi connectivity index (χ1n) is 9.26. The molecule has 9 nitrogen and oxygen atoms in total. The normalized spacial score (nSPS) is 13.0. The summed E-state index contributed by atoms with van der Waals surface area (Å²) in [6, 6.07) is 6.97. The summed E-state index contributed by atoms with van der Waals surface area (Å²) in [6.45, 7) is 6.55. The standard InChI is InChI=1S/C20H29N3O6/c1-13(22-19(27)29-20(2,3)4)17(25)23-15(10-11-16(21)24)18(26)28-12-14-8-6-5-7-9-14/h5-9,13,15H,10-12H2,1-4H3,(H2,21,24)(H,22,27)(H,23,25)/t13-,15-/m1/s1. The number of amides is 3. The molecule has 0 heterocycles. The molecule has 1 aromatic rings. The average molecular weight is 407 g/mol. The number of esters is 1. The summed E-state index contributed by atoms with van der Waals surface area (Å²) in [4.78, 5) is 47.7. The molecule has 9 heteroatoms. The van der Waals surface area contributed by atoms with E-state index in [9.17, 15) is 19.2 Å². The highest BCUT2D eigenvalue weighted by molar-refractivity contribution is 5.89. The fourth-order valence-corrected chi connectivity index (χ4v) is 2.21. The molecule has 0 fully saturated rings. The van der Waals surface area contributed by atoms with E-state index in [1.165, 1.54) is 6.92 Å². The van der Waals surface area contributed by atoms with Crippen molar-refractivity contribution in [1.82, 2.24) is 10.6 Å². The van der Waals surface area contributed by atoms with Crippen LogP contribution in [0.4, 0.5) is 4.79 Å². The van der Waals surface area contributed by atoms with Gasteiger partial charge in [-0.05, 0) is 39.7 Å². The van der Waals surface area contributed by atoms with Crippen molar-refractivity contribution in [1.29, 1.82) is 0 Å². The van der Waals surface area contributed by atoms with Gasteiger partial charge < -0.3 is 25.8 Å². The van der Waals surface area contributed by atoms with Crippen molar-refractivity contribution >= 4 is 23.9 Å². The number of nitrogens with one attached hydrogen (secondary N) is 2. The second-order valence-electron chi connectivity index (χ2n) is 7.53. The number of primary amides is 1. The van der Waals surface area contributed by atoms with Gasteiger partial charge in [0.05, 0.1) is 0 Å². The zero-order valence-electron chi connectivity index (χ0n) is 17.2. The number of nitrogens with two attached hydrogens (primary N) is 1. The highest BCUT2D eigenvalue weighted by atomic mass is 16.6. The third-order valence-corrected chi connectivity index (χ3v) is 3.63. The zero-order chi connectivity index (χ0) is 22.0. The van der Waals surface area contributed by atoms with Crippen LogP contribution < -0.4 is 16.4 Å². The van der Waals surface area contributed by atoms with Crippen LogP contribution in [0.1, 0.15) is 46.1 Å². The van der Waals surface area contributed by atoms with Crippen LogP contribution in [0, 0.1) is 0 Å². The van der Waals surface area contributed by atoms with Gasteiger partial charge in [-0.2, -0.15) is 0 Å². The highest BCUT2D eigenvalue weighted by Crippen LogP contribution is 2.08. The second kappa shape index (κ2) is 11.0. The van der Waals surface area contributed by atoms with Gasteiger partial charge in [0.25, 0.3) is 0 Å². The molecular weight excluding hydrogens is 378 g/mol. The minimum Gasteiger partial charge on any atom is -0.459 e. The summed E-state index contributed by atoms with van der Waals surface area (Å²) in [5.74, 6) is -1.94. The predicted molar refractivity (Wildman–Crippen MR) is 105 cm³/mol. The van der Waals surface area contributed by atoms with Crippen LogP contribution in [0.2, 0.25) is 0 Å². The van der Waals surface area contributed by atoms with E-state index in [1.54, 1.807) is 45.0 Å². The van der Waals surface area contributed by atoms with E-state index >= 15 is 0 Å². The third kappa shape index (κ3) is 10.1. The van der Waals surface area contributed by atoms with Gasteiger partial charge in [0, 0.05) is 6.42 Å². The molecule has 0 spiro atoms. The van der Waals surface area contributed by atoms with Crippen LogP contribution in [-0.4, -0.2) is 41.6 Å². The average Bonchev–Trinajstić information content (AvgIpc) is 2.61. The van der Waals surface area contributed by atoms with Gasteiger partial charge in [0.2, 0.25) is 11.8 Å². The summed E-state index contributed by atoms with van der Waals surface area (Å²) >= 11 is 0. The Balaban J connectivity index is 2.67. The fourth-order valence-electron chi connectivity index (χ4n) is 2.21. The fraction of sp³-hybridized carbons (Fsp3) is 0.500. The van der Waals surface area contributed by atoms with Crippen molar-refractivity contribution in [3.63, 3.8) is 0 Å². The van der Waals surface area contributed by atoms with Crippen molar-refractivity contribution < 1.29 is 28.7 Å². The van der Waals surface area contributed by atoms with Crippen LogP contribution in [0.3, 0.4) is 0 Å². The van der Waals surface area contributed by atoms with Gasteiger partial charge in [-0.1, -0.05) is 30.3 Å². The number of carbonyl (C=O) groups is 4. The molecule has 1 aromatic carbocycles. The number of hydrogen-bond acceptors (Lipinski definition) is 6. The Morgan fingerprint density at radius 1 is 1.07 bits per heavy atom. The minimum absolute atomic E-state index is 0.0200. The first kappa shape index (κ1) is 23.9. The zero-order valence-corrected chi connectivity index (χ0v) is 17.2. The number of hydrogen-bond donors (Lipinski definition) is 3. The molecule has 0 aliphatic carbocycles. The molecule has 3 amide bonds. The molecule has 4 N–H and O–H groups in total. The monoisotopic (exact) mass is 407 g/mol. The summed E-state index contributed by atoms with van der Waals surface area (Å²) < 4.78 is 10.3. The summed E-state index contributed by atoms with van der Waals surface area (Å²) in [6.07, 6.45) is -0.895. The Labute approximate surface area is 170 Å². The summed E-state index contributed by atoms with van der Waals surface area (Å²) in [7, 11) is 0. The molecule has 0 bridgehead atoms. The lowest BCUT2D eigenvalue weighted by Crippen LogP contribution is -2.51. The van der Waals surface area contributed by atoms with Gasteiger partial charge >= 0.3 is 12.1 Å². The smallest absolute Gasteiger partial charge is 0.408 e. The molecule has 29 heavy (non-hydrogen) atoms. The topological polar surface area (TPSA) is 137 Å². The molecule has 0 radical (unpaired) electrons. The lowest BCUT2D eigenvalue weighted by atomic mass is 10.1. The predicted octanol–water partition coefficient (Wildman–Crippen LogP) is 1.39. The van der Waals surface area contributed by atoms with Crippen molar-refractivity contribution in [2.45, 2.75) is 64.8 Å². The first-order chi connectivity index (χ1) is 13.5. The molecule has 0 aromatic heterocycles. The van der Waals surface area contributed by atoms with Crippen LogP contribution in [0.5, 0.6) is 0 Å². The summed E-state index contributed by atoms with van der Waals surface area (Å²) in [5.41, 5.74) is 5.21. The number of rotatable bonds is 9. The van der Waals surface area contributed by atoms with Gasteiger partial charge in [-0.3, -0.25) is 9.59 Å². The number of alkyl carbamates (subject to hydrolysis) is 1. The molecule has 0 aliphatic rings. The molecule has 2 atom stereocenters. The Morgan fingerprint density at radius 2 is 1.69 bits per heavy atom. The maximum Gasteiger partial charge on any atom is 0.408 e. The van der Waals surface area contributed by atoms with Crippen LogP contribution in [0.25, 0.3) is 0 Å². The SMILES string of the molecule is C[C@@H](NC(=O)OC(C)(C)C)C(=O)N[C@H](CCC(N)=O)C(=O)OCc1ccccc1. The maximum absolute atomic E-state index is 12.4. The molecule has 0 saturated carbocycles. The Morgan fingerprint density at radius 3 is 2.24 bits per heavy atom. The first-order valence-corrected chi connectivity index (χ1v) is 9.26.